The van der Waals surface area contributed by atoms with Crippen molar-refractivity contribution in [1.29, 1.82) is 0 Å². The maximum atomic E-state index is 8.49. The van der Waals surface area contributed by atoms with Crippen molar-refractivity contribution in [3.63, 3.8) is 0 Å². The number of thiazole rings is 1. The van der Waals surface area contributed by atoms with Crippen LogP contribution in [0.5, 0.6) is 0 Å². The van der Waals surface area contributed by atoms with E-state index in [0.29, 0.717) is 6.42 Å². The summed E-state index contributed by atoms with van der Waals surface area (Å²) < 4.78 is 0. The van der Waals surface area contributed by atoms with Crippen LogP contribution in [0.4, 0.5) is 0 Å². The van der Waals surface area contributed by atoms with Crippen molar-refractivity contribution < 1.29 is 5.11 Å². The van der Waals surface area contributed by atoms with Crippen LogP contribution < -0.4 is 0 Å². The van der Waals surface area contributed by atoms with Gasteiger partial charge < -0.3 is 5.11 Å². The summed E-state index contributed by atoms with van der Waals surface area (Å²) in [4.78, 5) is 7.63. The molecule has 0 saturated heterocycles. The molecule has 1 N–H and O–H groups in total. The van der Waals surface area contributed by atoms with E-state index in [2.05, 4.69) is 9.97 Å². The predicted octanol–water partition coefficient (Wildman–Crippen LogP) is 1.76. The van der Waals surface area contributed by atoms with Crippen LogP contribution in [0.15, 0.2) is 41.6 Å². The molecule has 0 saturated carbocycles. The summed E-state index contributed by atoms with van der Waals surface area (Å²) in [5, 5.41) is 10.4. The molecule has 0 bridgehead atoms. The standard InChI is InChI=1S/C7H9NO.C3H3NS/c9-5-3-7-2-1-4-8-6-7;1-2-5-3-4-1/h1-2,4,6,9H,3,5H2;1-3H. The lowest BCUT2D eigenvalue weighted by Crippen LogP contribution is -1.89. The highest BCUT2D eigenvalue weighted by molar-refractivity contribution is 7.07. The van der Waals surface area contributed by atoms with E-state index >= 15 is 0 Å². The molecule has 4 heteroatoms. The van der Waals surface area contributed by atoms with Crippen molar-refractivity contribution in [2.45, 2.75) is 6.42 Å². The smallest absolute Gasteiger partial charge is 0.0791 e. The molecule has 0 aliphatic carbocycles. The number of aliphatic hydroxyl groups excluding tert-OH is 1. The zero-order valence-corrected chi connectivity index (χ0v) is 8.52. The largest absolute Gasteiger partial charge is 0.396 e. The van der Waals surface area contributed by atoms with Gasteiger partial charge in [-0.05, 0) is 18.1 Å². The molecule has 0 unspecified atom stereocenters. The molecule has 3 nitrogen and oxygen atoms in total. The lowest BCUT2D eigenvalue weighted by molar-refractivity contribution is 0.299. The van der Waals surface area contributed by atoms with E-state index < -0.39 is 0 Å². The maximum absolute atomic E-state index is 8.49. The molecule has 0 spiro atoms. The third-order valence-corrected chi connectivity index (χ3v) is 1.99. The molecule has 0 aromatic carbocycles. The molecule has 0 atom stereocenters. The molecule has 0 aliphatic heterocycles. The quantitative estimate of drug-likeness (QED) is 0.818. The van der Waals surface area contributed by atoms with Crippen LogP contribution in [0, 0.1) is 0 Å². The van der Waals surface area contributed by atoms with Crippen LogP contribution in [0.1, 0.15) is 5.56 Å². The van der Waals surface area contributed by atoms with E-state index in [0.717, 1.165) is 5.56 Å². The van der Waals surface area contributed by atoms with Gasteiger partial charge in [0.05, 0.1) is 5.51 Å². The Morgan fingerprint density at radius 1 is 1.29 bits per heavy atom. The van der Waals surface area contributed by atoms with Crippen molar-refractivity contribution in [3.8, 4) is 0 Å². The third kappa shape index (κ3) is 4.69. The van der Waals surface area contributed by atoms with Crippen molar-refractivity contribution in [3.05, 3.63) is 47.2 Å². The second kappa shape index (κ2) is 7.17. The molecule has 2 aromatic heterocycles. The van der Waals surface area contributed by atoms with Gasteiger partial charge in [0.25, 0.3) is 0 Å². The minimum Gasteiger partial charge on any atom is -0.396 e. The zero-order chi connectivity index (χ0) is 10.1. The second-order valence-electron chi connectivity index (χ2n) is 2.51. The summed E-state index contributed by atoms with van der Waals surface area (Å²) in [6.45, 7) is 0.200. The highest BCUT2D eigenvalue weighted by Gasteiger charge is 1.86. The topological polar surface area (TPSA) is 46.0 Å². The molecule has 2 aromatic rings. The molecule has 2 rings (SSSR count). The summed E-state index contributed by atoms with van der Waals surface area (Å²) >= 11 is 1.60. The van der Waals surface area contributed by atoms with Gasteiger partial charge in [0.1, 0.15) is 0 Å². The summed E-state index contributed by atoms with van der Waals surface area (Å²) in [6.07, 6.45) is 5.95. The molecule has 0 radical (unpaired) electrons. The average Bonchev–Trinajstić information content (AvgIpc) is 2.78. The van der Waals surface area contributed by atoms with Gasteiger partial charge in [-0.25, -0.2) is 0 Å². The lowest BCUT2D eigenvalue weighted by atomic mass is 10.2. The Morgan fingerprint density at radius 2 is 2.21 bits per heavy atom. The number of pyridine rings is 1. The van der Waals surface area contributed by atoms with Gasteiger partial charge in [-0.2, -0.15) is 0 Å². The average molecular weight is 208 g/mol. The Kier molecular flexibility index (Phi) is 5.54. The molecule has 2 heterocycles. The molecule has 74 valence electrons. The van der Waals surface area contributed by atoms with Gasteiger partial charge in [-0.3, -0.25) is 9.97 Å². The van der Waals surface area contributed by atoms with Crippen molar-refractivity contribution >= 4 is 11.3 Å². The van der Waals surface area contributed by atoms with E-state index in [1.807, 2.05) is 17.5 Å². The SMILES string of the molecule is OCCc1cccnc1.c1cscn1. The minimum absolute atomic E-state index is 0.200. The van der Waals surface area contributed by atoms with Crippen LogP contribution in [0.25, 0.3) is 0 Å². The van der Waals surface area contributed by atoms with E-state index in [4.69, 9.17) is 5.11 Å². The van der Waals surface area contributed by atoms with E-state index in [1.54, 1.807) is 35.4 Å². The van der Waals surface area contributed by atoms with Crippen molar-refractivity contribution in [1.82, 2.24) is 9.97 Å². The fourth-order valence-electron chi connectivity index (χ4n) is 0.851. The first-order chi connectivity index (χ1) is 6.93. The fourth-order valence-corrected chi connectivity index (χ4v) is 1.20. The van der Waals surface area contributed by atoms with Crippen LogP contribution in [0.3, 0.4) is 0 Å². The summed E-state index contributed by atoms with van der Waals surface area (Å²) in [6, 6.07) is 3.81. The normalized spacial score (nSPS) is 8.93. The fraction of sp³-hybridized carbons (Fsp3) is 0.200. The zero-order valence-electron chi connectivity index (χ0n) is 7.71. The van der Waals surface area contributed by atoms with Gasteiger partial charge in [0, 0.05) is 30.6 Å². The number of rotatable bonds is 2. The first-order valence-corrected chi connectivity index (χ1v) is 5.19. The number of hydrogen-bond acceptors (Lipinski definition) is 4. The van der Waals surface area contributed by atoms with Crippen molar-refractivity contribution in [2.75, 3.05) is 6.61 Å². The van der Waals surface area contributed by atoms with Gasteiger partial charge in [0.2, 0.25) is 0 Å². The van der Waals surface area contributed by atoms with E-state index in [1.165, 1.54) is 0 Å². The highest BCUT2D eigenvalue weighted by atomic mass is 32.1. The van der Waals surface area contributed by atoms with Crippen LogP contribution in [-0.4, -0.2) is 21.7 Å². The van der Waals surface area contributed by atoms with Gasteiger partial charge in [0.15, 0.2) is 0 Å². The van der Waals surface area contributed by atoms with E-state index in [-0.39, 0.29) is 6.61 Å². The van der Waals surface area contributed by atoms with Gasteiger partial charge in [-0.15, -0.1) is 11.3 Å². The second-order valence-corrected chi connectivity index (χ2v) is 3.27. The highest BCUT2D eigenvalue weighted by Crippen LogP contribution is 1.94. The Bertz CT molecular complexity index is 293. The Morgan fingerprint density at radius 3 is 2.64 bits per heavy atom. The van der Waals surface area contributed by atoms with Crippen molar-refractivity contribution in [2.24, 2.45) is 0 Å². The van der Waals surface area contributed by atoms with E-state index in [9.17, 15) is 0 Å². The summed E-state index contributed by atoms with van der Waals surface area (Å²) in [5.74, 6) is 0. The molecular formula is C10H12N2OS. The monoisotopic (exact) mass is 208 g/mol. The minimum atomic E-state index is 0.200. The number of aromatic nitrogens is 2. The molecular weight excluding hydrogens is 196 g/mol. The van der Waals surface area contributed by atoms with Gasteiger partial charge >= 0.3 is 0 Å². The Hall–Kier alpha value is -1.26. The molecule has 0 aliphatic rings. The maximum Gasteiger partial charge on any atom is 0.0791 e. The molecule has 0 amide bonds. The predicted molar refractivity (Wildman–Crippen MR) is 57.1 cm³/mol. The Balaban J connectivity index is 0.000000165. The third-order valence-electron chi connectivity index (χ3n) is 1.47. The Labute approximate surface area is 87.1 Å². The van der Waals surface area contributed by atoms with Crippen LogP contribution in [0.2, 0.25) is 0 Å². The van der Waals surface area contributed by atoms with Crippen LogP contribution in [-0.2, 0) is 6.42 Å². The number of nitrogens with zero attached hydrogens (tertiary/aromatic N) is 2. The first-order valence-electron chi connectivity index (χ1n) is 4.25. The lowest BCUT2D eigenvalue weighted by Gasteiger charge is -1.92. The number of hydrogen-bond donors (Lipinski definition) is 1. The van der Waals surface area contributed by atoms with Gasteiger partial charge in [-0.1, -0.05) is 6.07 Å². The molecule has 14 heavy (non-hydrogen) atoms. The molecule has 0 fully saturated rings. The summed E-state index contributed by atoms with van der Waals surface area (Å²) in [7, 11) is 0. The first kappa shape index (κ1) is 10.8. The summed E-state index contributed by atoms with van der Waals surface area (Å²) in [5.41, 5.74) is 2.88. The van der Waals surface area contributed by atoms with Crippen LogP contribution >= 0.6 is 11.3 Å². The number of aliphatic hydroxyl groups is 1.